The van der Waals surface area contributed by atoms with E-state index in [1.807, 2.05) is 6.92 Å². The molecule has 0 saturated carbocycles. The Hall–Kier alpha value is -2.28. The van der Waals surface area contributed by atoms with E-state index < -0.39 is 0 Å². The topological polar surface area (TPSA) is 108 Å². The number of nitrogens with zero attached hydrogens (tertiary/aromatic N) is 7. The predicted molar refractivity (Wildman–Crippen MR) is 114 cm³/mol. The van der Waals surface area contributed by atoms with Gasteiger partial charge in [-0.3, -0.25) is 20.1 Å². The van der Waals surface area contributed by atoms with Gasteiger partial charge in [0.15, 0.2) is 0 Å². The van der Waals surface area contributed by atoms with Gasteiger partial charge in [0.1, 0.15) is 0 Å². The summed E-state index contributed by atoms with van der Waals surface area (Å²) in [6, 6.07) is -0.273. The fraction of sp³-hybridized carbons (Fsp3) is 0.789. The van der Waals surface area contributed by atoms with Crippen molar-refractivity contribution in [1.82, 2.24) is 25.3 Å². The van der Waals surface area contributed by atoms with Crippen molar-refractivity contribution in [2.75, 3.05) is 101 Å². The molecule has 1 unspecified atom stereocenters. The summed E-state index contributed by atoms with van der Waals surface area (Å²) >= 11 is 0. The number of anilines is 3. The van der Waals surface area contributed by atoms with Crippen LogP contribution in [0.3, 0.4) is 0 Å². The second kappa shape index (κ2) is 10.4. The minimum Gasteiger partial charge on any atom is -0.379 e. The molecule has 0 radical (unpaired) electrons. The maximum Gasteiger partial charge on any atom is 0.255 e. The lowest BCUT2D eigenvalue weighted by Gasteiger charge is -2.33. The van der Waals surface area contributed by atoms with Crippen LogP contribution < -0.4 is 20.2 Å². The van der Waals surface area contributed by atoms with Gasteiger partial charge < -0.3 is 24.0 Å². The molecule has 0 aromatic carbocycles. The van der Waals surface area contributed by atoms with Gasteiger partial charge in [-0.1, -0.05) is 0 Å². The Kier molecular flexibility index (Phi) is 7.33. The van der Waals surface area contributed by atoms with E-state index in [1.54, 1.807) is 12.1 Å². The third kappa shape index (κ3) is 5.50. The molecule has 1 atom stereocenters. The number of hydrogen-bond donors (Lipinski definition) is 1. The molecular formula is C19H32N8O4. The van der Waals surface area contributed by atoms with Crippen LogP contribution in [-0.4, -0.2) is 118 Å². The number of morpholine rings is 3. The predicted octanol–water partition coefficient (Wildman–Crippen LogP) is -1.27. The van der Waals surface area contributed by atoms with E-state index in [-0.39, 0.29) is 11.9 Å². The molecule has 172 valence electrons. The Morgan fingerprint density at radius 1 is 0.839 bits per heavy atom. The molecule has 31 heavy (non-hydrogen) atoms. The number of nitrogens with one attached hydrogen (secondary N) is 1. The summed E-state index contributed by atoms with van der Waals surface area (Å²) in [5.41, 5.74) is 2.93. The molecule has 1 amide bonds. The Balaban J connectivity index is 1.51. The molecule has 0 bridgehead atoms. The van der Waals surface area contributed by atoms with Crippen LogP contribution in [0.5, 0.6) is 0 Å². The Morgan fingerprint density at radius 2 is 1.29 bits per heavy atom. The van der Waals surface area contributed by atoms with Crippen molar-refractivity contribution in [3.8, 4) is 0 Å². The van der Waals surface area contributed by atoms with Crippen LogP contribution in [-0.2, 0) is 19.0 Å². The molecule has 1 aromatic rings. The van der Waals surface area contributed by atoms with Crippen molar-refractivity contribution in [3.05, 3.63) is 0 Å². The Bertz CT molecular complexity index is 699. The number of hydrazine groups is 1. The highest BCUT2D eigenvalue weighted by molar-refractivity contribution is 5.82. The highest BCUT2D eigenvalue weighted by Crippen LogP contribution is 2.20. The van der Waals surface area contributed by atoms with Crippen LogP contribution >= 0.6 is 0 Å². The molecule has 3 fully saturated rings. The van der Waals surface area contributed by atoms with Crippen molar-refractivity contribution in [2.45, 2.75) is 13.0 Å². The number of rotatable bonds is 6. The van der Waals surface area contributed by atoms with E-state index in [0.717, 1.165) is 39.3 Å². The van der Waals surface area contributed by atoms with Crippen LogP contribution in [0.25, 0.3) is 0 Å². The molecule has 12 nitrogen and oxygen atoms in total. The third-order valence-corrected chi connectivity index (χ3v) is 5.74. The summed E-state index contributed by atoms with van der Waals surface area (Å²) in [5, 5.41) is 1.58. The number of carbonyl (C=O) groups excluding carboxylic acids is 1. The standard InChI is InChI=1S/C19H32N8O4/c1-15(25-3-9-29-10-4-25)16(28)23-24(2)17-20-18(26-5-11-30-12-6-26)22-19(21-17)27-7-13-31-14-8-27/h15H,3-14H2,1-2H3,(H,23,28). The summed E-state index contributed by atoms with van der Waals surface area (Å²) in [5.74, 6) is 1.49. The van der Waals surface area contributed by atoms with Gasteiger partial charge in [0.2, 0.25) is 11.9 Å². The first-order chi connectivity index (χ1) is 15.1. The second-order valence-electron chi connectivity index (χ2n) is 7.79. The molecule has 4 rings (SSSR count). The molecular weight excluding hydrogens is 404 g/mol. The Morgan fingerprint density at radius 3 is 1.77 bits per heavy atom. The maximum absolute atomic E-state index is 12.8. The zero-order valence-electron chi connectivity index (χ0n) is 18.3. The molecule has 3 aliphatic rings. The van der Waals surface area contributed by atoms with E-state index in [0.29, 0.717) is 57.5 Å². The Labute approximate surface area is 182 Å². The van der Waals surface area contributed by atoms with Crippen LogP contribution in [0.1, 0.15) is 6.92 Å². The van der Waals surface area contributed by atoms with Gasteiger partial charge in [0, 0.05) is 46.3 Å². The number of aromatic nitrogens is 3. The number of carbonyl (C=O) groups is 1. The van der Waals surface area contributed by atoms with E-state index in [9.17, 15) is 4.79 Å². The first-order valence-electron chi connectivity index (χ1n) is 10.9. The molecule has 1 aromatic heterocycles. The average molecular weight is 437 g/mol. The zero-order chi connectivity index (χ0) is 21.6. The van der Waals surface area contributed by atoms with Crippen molar-refractivity contribution < 1.29 is 19.0 Å². The number of hydrogen-bond acceptors (Lipinski definition) is 11. The minimum atomic E-state index is -0.273. The van der Waals surface area contributed by atoms with Gasteiger partial charge in [-0.2, -0.15) is 15.0 Å². The van der Waals surface area contributed by atoms with Gasteiger partial charge in [-0.15, -0.1) is 0 Å². The lowest BCUT2D eigenvalue weighted by Crippen LogP contribution is -2.53. The first-order valence-corrected chi connectivity index (χ1v) is 10.9. The second-order valence-corrected chi connectivity index (χ2v) is 7.79. The van der Waals surface area contributed by atoms with Gasteiger partial charge in [0.25, 0.3) is 11.9 Å². The zero-order valence-corrected chi connectivity index (χ0v) is 18.3. The minimum absolute atomic E-state index is 0.106. The molecule has 1 N–H and O–H groups in total. The normalized spacial score (nSPS) is 21.6. The molecule has 0 spiro atoms. The fourth-order valence-corrected chi connectivity index (χ4v) is 3.74. The number of amides is 1. The van der Waals surface area contributed by atoms with Gasteiger partial charge in [-0.25, -0.2) is 0 Å². The molecule has 12 heteroatoms. The SMILES string of the molecule is CC(C(=O)NN(C)c1nc(N2CCOCC2)nc(N2CCOCC2)n1)N1CCOCC1. The lowest BCUT2D eigenvalue weighted by atomic mass is 10.2. The van der Waals surface area contributed by atoms with Crippen LogP contribution in [0.2, 0.25) is 0 Å². The maximum atomic E-state index is 12.8. The fourth-order valence-electron chi connectivity index (χ4n) is 3.74. The highest BCUT2D eigenvalue weighted by atomic mass is 16.5. The third-order valence-electron chi connectivity index (χ3n) is 5.74. The van der Waals surface area contributed by atoms with Crippen molar-refractivity contribution in [3.63, 3.8) is 0 Å². The van der Waals surface area contributed by atoms with E-state index in [4.69, 9.17) is 19.2 Å². The van der Waals surface area contributed by atoms with E-state index in [1.165, 1.54) is 0 Å². The summed E-state index contributed by atoms with van der Waals surface area (Å²) in [6.45, 7) is 10.1. The van der Waals surface area contributed by atoms with Crippen molar-refractivity contribution in [1.29, 1.82) is 0 Å². The molecule has 0 aliphatic carbocycles. The highest BCUT2D eigenvalue weighted by Gasteiger charge is 2.26. The van der Waals surface area contributed by atoms with Gasteiger partial charge >= 0.3 is 0 Å². The first kappa shape index (κ1) is 21.9. The largest absolute Gasteiger partial charge is 0.379 e. The summed E-state index contributed by atoms with van der Waals surface area (Å²) in [7, 11) is 1.76. The van der Waals surface area contributed by atoms with E-state index in [2.05, 4.69) is 30.1 Å². The van der Waals surface area contributed by atoms with Crippen molar-refractivity contribution in [2.24, 2.45) is 0 Å². The number of ether oxygens (including phenoxy) is 3. The molecule has 3 saturated heterocycles. The van der Waals surface area contributed by atoms with Crippen LogP contribution in [0, 0.1) is 0 Å². The summed E-state index contributed by atoms with van der Waals surface area (Å²) < 4.78 is 16.3. The summed E-state index contributed by atoms with van der Waals surface area (Å²) in [6.07, 6.45) is 0. The van der Waals surface area contributed by atoms with Crippen LogP contribution in [0.4, 0.5) is 17.8 Å². The average Bonchev–Trinajstić information content (AvgIpc) is 2.85. The van der Waals surface area contributed by atoms with Gasteiger partial charge in [-0.05, 0) is 6.92 Å². The lowest BCUT2D eigenvalue weighted by molar-refractivity contribution is -0.127. The summed E-state index contributed by atoms with van der Waals surface area (Å²) in [4.78, 5) is 33.1. The monoisotopic (exact) mass is 436 g/mol. The van der Waals surface area contributed by atoms with Crippen molar-refractivity contribution >= 4 is 23.8 Å². The van der Waals surface area contributed by atoms with E-state index >= 15 is 0 Å². The van der Waals surface area contributed by atoms with Gasteiger partial charge in [0.05, 0.1) is 45.7 Å². The van der Waals surface area contributed by atoms with Crippen LogP contribution in [0.15, 0.2) is 0 Å². The molecule has 3 aliphatic heterocycles. The smallest absolute Gasteiger partial charge is 0.255 e. The quantitative estimate of drug-likeness (QED) is 0.540. The molecule has 4 heterocycles.